The van der Waals surface area contributed by atoms with E-state index in [0.717, 1.165) is 56.8 Å². The molecule has 0 bridgehead atoms. The zero-order valence-electron chi connectivity index (χ0n) is 16.5. The van der Waals surface area contributed by atoms with Crippen LogP contribution in [0.1, 0.15) is 41.0 Å². The standard InChI is InChI=1S/C21H28N4O3/c1-14-20(15(2)25(22-14)17-4-3-5-18(26)12-17)21(28)23-9-6-16(7-10-23)24-11-8-19(27)13-24/h3-5,12,16,19,26-27H,6-11,13H2,1-2H3/t19-/m0/s1. The molecule has 0 saturated carbocycles. The fourth-order valence-electron chi connectivity index (χ4n) is 4.52. The van der Waals surface area contributed by atoms with Crippen LogP contribution in [0.2, 0.25) is 0 Å². The van der Waals surface area contributed by atoms with Crippen molar-refractivity contribution < 1.29 is 15.0 Å². The molecule has 7 heteroatoms. The average Bonchev–Trinajstić information content (AvgIpc) is 3.24. The van der Waals surface area contributed by atoms with Crippen LogP contribution in [0.3, 0.4) is 0 Å². The van der Waals surface area contributed by atoms with E-state index in [2.05, 4.69) is 10.00 Å². The van der Waals surface area contributed by atoms with E-state index in [1.807, 2.05) is 24.8 Å². The summed E-state index contributed by atoms with van der Waals surface area (Å²) < 4.78 is 1.72. The number of aliphatic hydroxyl groups excluding tert-OH is 1. The number of hydrogen-bond acceptors (Lipinski definition) is 5. The predicted octanol–water partition coefficient (Wildman–Crippen LogP) is 1.87. The molecule has 2 aliphatic heterocycles. The van der Waals surface area contributed by atoms with Gasteiger partial charge in [0.1, 0.15) is 5.75 Å². The zero-order valence-corrected chi connectivity index (χ0v) is 16.5. The van der Waals surface area contributed by atoms with Crippen LogP contribution in [0.4, 0.5) is 0 Å². The van der Waals surface area contributed by atoms with E-state index in [1.165, 1.54) is 0 Å². The van der Waals surface area contributed by atoms with Crippen molar-refractivity contribution in [3.63, 3.8) is 0 Å². The highest BCUT2D eigenvalue weighted by Crippen LogP contribution is 2.25. The van der Waals surface area contributed by atoms with Crippen molar-refractivity contribution in [2.24, 2.45) is 0 Å². The molecule has 1 aromatic heterocycles. The summed E-state index contributed by atoms with van der Waals surface area (Å²) in [6.07, 6.45) is 2.54. The number of β-amino-alcohol motifs (C(OH)–C–C–N with tert-alkyl or cyclic N) is 1. The second kappa shape index (κ2) is 7.56. The normalized spacial score (nSPS) is 21.4. The van der Waals surface area contributed by atoms with Crippen molar-refractivity contribution in [2.45, 2.75) is 45.3 Å². The van der Waals surface area contributed by atoms with Crippen LogP contribution in [0.25, 0.3) is 5.69 Å². The molecular formula is C21H28N4O3. The summed E-state index contributed by atoms with van der Waals surface area (Å²) in [4.78, 5) is 17.5. The van der Waals surface area contributed by atoms with Gasteiger partial charge in [0.15, 0.2) is 0 Å². The minimum absolute atomic E-state index is 0.0290. The van der Waals surface area contributed by atoms with E-state index in [4.69, 9.17) is 0 Å². The number of aromatic hydroxyl groups is 1. The fraction of sp³-hybridized carbons (Fsp3) is 0.524. The summed E-state index contributed by atoms with van der Waals surface area (Å²) in [6, 6.07) is 7.35. The highest BCUT2D eigenvalue weighted by Gasteiger charge is 2.32. The maximum absolute atomic E-state index is 13.2. The van der Waals surface area contributed by atoms with Crippen LogP contribution in [0.5, 0.6) is 5.75 Å². The Bertz CT molecular complexity index is 871. The number of rotatable bonds is 3. The van der Waals surface area contributed by atoms with Gasteiger partial charge in [0, 0.05) is 38.3 Å². The first-order valence-electron chi connectivity index (χ1n) is 10.0. The van der Waals surface area contributed by atoms with E-state index in [1.54, 1.807) is 22.9 Å². The molecule has 1 amide bonds. The van der Waals surface area contributed by atoms with E-state index in [0.29, 0.717) is 17.3 Å². The fourth-order valence-corrected chi connectivity index (χ4v) is 4.52. The summed E-state index contributed by atoms with van der Waals surface area (Å²) in [6.45, 7) is 6.92. The van der Waals surface area contributed by atoms with Crippen LogP contribution < -0.4 is 0 Å². The summed E-state index contributed by atoms with van der Waals surface area (Å²) in [5.74, 6) is 0.202. The number of aliphatic hydroxyl groups is 1. The van der Waals surface area contributed by atoms with Gasteiger partial charge in [-0.1, -0.05) is 6.07 Å². The molecule has 0 unspecified atom stereocenters. The number of phenolic OH excluding ortho intramolecular Hbond substituents is 1. The number of aryl methyl sites for hydroxylation is 1. The minimum Gasteiger partial charge on any atom is -0.508 e. The average molecular weight is 384 g/mol. The SMILES string of the molecule is Cc1nn(-c2cccc(O)c2)c(C)c1C(=O)N1CCC(N2CC[C@H](O)C2)CC1. The number of phenols is 1. The number of piperidine rings is 1. The van der Waals surface area contributed by atoms with Crippen molar-refractivity contribution >= 4 is 5.91 Å². The van der Waals surface area contributed by atoms with Crippen LogP contribution in [-0.4, -0.2) is 74.0 Å². The molecule has 28 heavy (non-hydrogen) atoms. The molecule has 150 valence electrons. The van der Waals surface area contributed by atoms with Gasteiger partial charge in [-0.25, -0.2) is 4.68 Å². The molecule has 7 nitrogen and oxygen atoms in total. The number of amides is 1. The molecule has 2 aliphatic rings. The second-order valence-corrected chi connectivity index (χ2v) is 7.94. The number of benzene rings is 1. The quantitative estimate of drug-likeness (QED) is 0.844. The van der Waals surface area contributed by atoms with Gasteiger partial charge < -0.3 is 15.1 Å². The maximum Gasteiger partial charge on any atom is 0.257 e. The van der Waals surface area contributed by atoms with Crippen LogP contribution in [-0.2, 0) is 0 Å². The van der Waals surface area contributed by atoms with Gasteiger partial charge in [-0.3, -0.25) is 9.69 Å². The first-order valence-corrected chi connectivity index (χ1v) is 10.0. The van der Waals surface area contributed by atoms with E-state index in [9.17, 15) is 15.0 Å². The lowest BCUT2D eigenvalue weighted by Gasteiger charge is -2.36. The third-order valence-electron chi connectivity index (χ3n) is 6.04. The lowest BCUT2D eigenvalue weighted by Crippen LogP contribution is -2.46. The molecule has 2 N–H and O–H groups in total. The third-order valence-corrected chi connectivity index (χ3v) is 6.04. The zero-order chi connectivity index (χ0) is 19.8. The van der Waals surface area contributed by atoms with Crippen molar-refractivity contribution in [1.82, 2.24) is 19.6 Å². The summed E-state index contributed by atoms with van der Waals surface area (Å²) in [5, 5.41) is 24.1. The molecule has 1 aromatic carbocycles. The van der Waals surface area contributed by atoms with Crippen LogP contribution in [0, 0.1) is 13.8 Å². The number of nitrogens with zero attached hydrogens (tertiary/aromatic N) is 4. The smallest absolute Gasteiger partial charge is 0.257 e. The van der Waals surface area contributed by atoms with E-state index < -0.39 is 0 Å². The number of aromatic nitrogens is 2. The van der Waals surface area contributed by atoms with Crippen LogP contribution >= 0.6 is 0 Å². The lowest BCUT2D eigenvalue weighted by molar-refractivity contribution is 0.0626. The molecular weight excluding hydrogens is 356 g/mol. The number of hydrogen-bond donors (Lipinski definition) is 2. The minimum atomic E-state index is -0.201. The van der Waals surface area contributed by atoms with Crippen molar-refractivity contribution in [3.8, 4) is 11.4 Å². The molecule has 2 aromatic rings. The Morgan fingerprint density at radius 2 is 1.89 bits per heavy atom. The number of likely N-dealkylation sites (tertiary alicyclic amines) is 2. The van der Waals surface area contributed by atoms with E-state index in [-0.39, 0.29) is 17.8 Å². The maximum atomic E-state index is 13.2. The Morgan fingerprint density at radius 3 is 2.54 bits per heavy atom. The highest BCUT2D eigenvalue weighted by atomic mass is 16.3. The van der Waals surface area contributed by atoms with Gasteiger partial charge in [-0.05, 0) is 45.2 Å². The van der Waals surface area contributed by atoms with E-state index >= 15 is 0 Å². The lowest BCUT2D eigenvalue weighted by atomic mass is 10.0. The molecule has 0 spiro atoms. The van der Waals surface area contributed by atoms with Gasteiger partial charge in [0.05, 0.1) is 28.7 Å². The summed E-state index contributed by atoms with van der Waals surface area (Å²) in [7, 11) is 0. The Hall–Kier alpha value is -2.38. The largest absolute Gasteiger partial charge is 0.508 e. The predicted molar refractivity (Wildman–Crippen MR) is 106 cm³/mol. The van der Waals surface area contributed by atoms with Crippen molar-refractivity contribution in [3.05, 3.63) is 41.2 Å². The Morgan fingerprint density at radius 1 is 1.14 bits per heavy atom. The van der Waals surface area contributed by atoms with Gasteiger partial charge in [-0.15, -0.1) is 0 Å². The highest BCUT2D eigenvalue weighted by molar-refractivity contribution is 5.96. The number of carbonyl (C=O) groups excluding carboxylic acids is 1. The second-order valence-electron chi connectivity index (χ2n) is 7.94. The monoisotopic (exact) mass is 384 g/mol. The molecule has 2 saturated heterocycles. The molecule has 2 fully saturated rings. The molecule has 4 rings (SSSR count). The summed E-state index contributed by atoms with van der Waals surface area (Å²) in [5.41, 5.74) is 2.89. The Kier molecular flexibility index (Phi) is 5.12. The van der Waals surface area contributed by atoms with Crippen molar-refractivity contribution in [1.29, 1.82) is 0 Å². The third kappa shape index (κ3) is 3.52. The Balaban J connectivity index is 1.48. The van der Waals surface area contributed by atoms with Gasteiger partial charge in [0.2, 0.25) is 0 Å². The Labute approximate surface area is 165 Å². The van der Waals surface area contributed by atoms with Crippen molar-refractivity contribution in [2.75, 3.05) is 26.2 Å². The molecule has 0 radical (unpaired) electrons. The first-order chi connectivity index (χ1) is 13.4. The van der Waals surface area contributed by atoms with Gasteiger partial charge in [-0.2, -0.15) is 5.10 Å². The van der Waals surface area contributed by atoms with Crippen LogP contribution in [0.15, 0.2) is 24.3 Å². The first kappa shape index (κ1) is 19.0. The topological polar surface area (TPSA) is 81.8 Å². The molecule has 0 aliphatic carbocycles. The molecule has 3 heterocycles. The summed E-state index contributed by atoms with van der Waals surface area (Å²) >= 11 is 0. The molecule has 1 atom stereocenters. The number of carbonyl (C=O) groups is 1. The van der Waals surface area contributed by atoms with Gasteiger partial charge >= 0.3 is 0 Å². The van der Waals surface area contributed by atoms with Gasteiger partial charge in [0.25, 0.3) is 5.91 Å².